The van der Waals surface area contributed by atoms with Crippen LogP contribution >= 0.6 is 22.7 Å². The average molecular weight is 412 g/mol. The van der Waals surface area contributed by atoms with E-state index in [0.29, 0.717) is 11.3 Å². The predicted octanol–water partition coefficient (Wildman–Crippen LogP) is 5.48. The lowest BCUT2D eigenvalue weighted by Gasteiger charge is -2.02. The minimum Gasteiger partial charge on any atom is -0.494 e. The molecule has 3 heterocycles. The van der Waals surface area contributed by atoms with E-state index in [2.05, 4.69) is 4.98 Å². The van der Waals surface area contributed by atoms with E-state index in [1.54, 1.807) is 12.1 Å². The van der Waals surface area contributed by atoms with Crippen LogP contribution in [-0.2, 0) is 0 Å². The molecule has 0 aliphatic carbocycles. The Morgan fingerprint density at radius 2 is 1.54 bits per heavy atom. The van der Waals surface area contributed by atoms with Crippen LogP contribution in [-0.4, -0.2) is 23.9 Å². The van der Waals surface area contributed by atoms with Crippen LogP contribution in [0, 0.1) is 5.82 Å². The van der Waals surface area contributed by atoms with E-state index >= 15 is 0 Å². The zero-order chi connectivity index (χ0) is 19.1. The molecule has 1 aliphatic rings. The van der Waals surface area contributed by atoms with Crippen molar-refractivity contribution in [2.24, 2.45) is 0 Å². The Kier molecular flexibility index (Phi) is 4.22. The fraction of sp³-hybridized carbons (Fsp3) is 0.100. The maximum absolute atomic E-state index is 14.0. The minimum absolute atomic E-state index is 0.215. The first kappa shape index (κ1) is 17.2. The van der Waals surface area contributed by atoms with Crippen LogP contribution in [0.5, 0.6) is 17.2 Å². The van der Waals surface area contributed by atoms with Gasteiger partial charge >= 0.3 is 0 Å². The number of methoxy groups -OCH3 is 1. The second-order valence-electron chi connectivity index (χ2n) is 5.99. The van der Waals surface area contributed by atoms with Gasteiger partial charge in [-0.3, -0.25) is 0 Å². The minimum atomic E-state index is -0.408. The van der Waals surface area contributed by atoms with Crippen molar-refractivity contribution in [2.75, 3.05) is 13.9 Å². The summed E-state index contributed by atoms with van der Waals surface area (Å²) >= 11 is 3.00. The molecule has 0 radical (unpaired) electrons. The fourth-order valence-electron chi connectivity index (χ4n) is 2.89. The Balaban J connectivity index is 1.43. The van der Waals surface area contributed by atoms with Gasteiger partial charge in [0.1, 0.15) is 0 Å². The van der Waals surface area contributed by atoms with Gasteiger partial charge in [0.15, 0.2) is 33.1 Å². The molecule has 2 aromatic heterocycles. The van der Waals surface area contributed by atoms with Crippen molar-refractivity contribution in [3.8, 4) is 49.8 Å². The van der Waals surface area contributed by atoms with Crippen LogP contribution in [0.1, 0.15) is 0 Å². The van der Waals surface area contributed by atoms with Crippen molar-refractivity contribution in [3.05, 3.63) is 53.0 Å². The third kappa shape index (κ3) is 3.00. The van der Waals surface area contributed by atoms with E-state index in [4.69, 9.17) is 19.2 Å². The molecule has 0 saturated heterocycles. The number of rotatable bonds is 4. The third-order valence-corrected chi connectivity index (χ3v) is 6.13. The zero-order valence-corrected chi connectivity index (χ0v) is 16.3. The Labute approximate surface area is 168 Å². The van der Waals surface area contributed by atoms with Crippen molar-refractivity contribution >= 4 is 22.7 Å². The molecule has 140 valence electrons. The summed E-state index contributed by atoms with van der Waals surface area (Å²) in [5.74, 6) is 1.28. The van der Waals surface area contributed by atoms with Crippen LogP contribution in [0.3, 0.4) is 0 Å². The fourth-order valence-corrected chi connectivity index (χ4v) is 4.60. The Morgan fingerprint density at radius 3 is 2.21 bits per heavy atom. The molecule has 5 nitrogen and oxygen atoms in total. The molecule has 8 heteroatoms. The van der Waals surface area contributed by atoms with Gasteiger partial charge in [0.25, 0.3) is 0 Å². The van der Waals surface area contributed by atoms with Gasteiger partial charge in [-0.25, -0.2) is 14.4 Å². The smallest absolute Gasteiger partial charge is 0.231 e. The first-order chi connectivity index (χ1) is 13.7. The quantitative estimate of drug-likeness (QED) is 0.444. The summed E-state index contributed by atoms with van der Waals surface area (Å²) in [6, 6.07) is 10.6. The predicted molar refractivity (Wildman–Crippen MR) is 107 cm³/mol. The lowest BCUT2D eigenvalue weighted by atomic mass is 10.1. The maximum Gasteiger partial charge on any atom is 0.231 e. The monoisotopic (exact) mass is 412 g/mol. The van der Waals surface area contributed by atoms with Crippen molar-refractivity contribution in [3.63, 3.8) is 0 Å². The highest BCUT2D eigenvalue weighted by Crippen LogP contribution is 2.38. The van der Waals surface area contributed by atoms with Gasteiger partial charge in [-0.2, -0.15) is 0 Å². The highest BCUT2D eigenvalue weighted by Gasteiger charge is 2.17. The summed E-state index contributed by atoms with van der Waals surface area (Å²) in [4.78, 5) is 9.33. The summed E-state index contributed by atoms with van der Waals surface area (Å²) in [5.41, 5.74) is 3.22. The Morgan fingerprint density at radius 1 is 0.893 bits per heavy atom. The molecule has 0 saturated carbocycles. The number of halogens is 1. The first-order valence-corrected chi connectivity index (χ1v) is 10.1. The summed E-state index contributed by atoms with van der Waals surface area (Å²) in [5, 5.41) is 5.50. The van der Waals surface area contributed by atoms with Crippen LogP contribution in [0.4, 0.5) is 4.39 Å². The highest BCUT2D eigenvalue weighted by atomic mass is 32.1. The van der Waals surface area contributed by atoms with Gasteiger partial charge in [-0.1, -0.05) is 0 Å². The number of aromatic nitrogens is 2. The number of nitrogens with zero attached hydrogens (tertiary/aromatic N) is 2. The largest absolute Gasteiger partial charge is 0.494 e. The van der Waals surface area contributed by atoms with Gasteiger partial charge in [0.05, 0.1) is 18.5 Å². The van der Waals surface area contributed by atoms with E-state index in [-0.39, 0.29) is 12.5 Å². The summed E-state index contributed by atoms with van der Waals surface area (Å²) in [7, 11) is 1.44. The molecule has 0 spiro atoms. The lowest BCUT2D eigenvalue weighted by molar-refractivity contribution is 0.174. The molecular formula is C20H13FN2O3S2. The van der Waals surface area contributed by atoms with E-state index in [1.165, 1.54) is 35.8 Å². The van der Waals surface area contributed by atoms with Crippen LogP contribution in [0.15, 0.2) is 47.2 Å². The Hall–Kier alpha value is -2.97. The number of thiazole rings is 2. The molecule has 0 atom stereocenters. The molecule has 0 unspecified atom stereocenters. The summed E-state index contributed by atoms with van der Waals surface area (Å²) in [6.07, 6.45) is 0. The van der Waals surface area contributed by atoms with Gasteiger partial charge in [-0.15, -0.1) is 22.7 Å². The Bertz CT molecular complexity index is 1170. The van der Waals surface area contributed by atoms with Gasteiger partial charge in [0.2, 0.25) is 6.79 Å². The topological polar surface area (TPSA) is 53.5 Å². The number of ether oxygens (including phenoxy) is 3. The van der Waals surface area contributed by atoms with Gasteiger partial charge in [-0.05, 0) is 36.4 Å². The molecule has 0 fully saturated rings. The van der Waals surface area contributed by atoms with Gasteiger partial charge < -0.3 is 14.2 Å². The number of fused-ring (bicyclic) bond motifs is 1. The molecular weight excluding hydrogens is 399 g/mol. The van der Waals surface area contributed by atoms with E-state index in [9.17, 15) is 4.39 Å². The van der Waals surface area contributed by atoms with Crippen molar-refractivity contribution < 1.29 is 18.6 Å². The van der Waals surface area contributed by atoms with Crippen molar-refractivity contribution in [1.82, 2.24) is 9.97 Å². The first-order valence-electron chi connectivity index (χ1n) is 8.36. The van der Waals surface area contributed by atoms with Crippen molar-refractivity contribution in [1.29, 1.82) is 0 Å². The summed E-state index contributed by atoms with van der Waals surface area (Å²) in [6.45, 7) is 0.245. The molecule has 0 bridgehead atoms. The van der Waals surface area contributed by atoms with E-state index in [1.807, 2.05) is 29.0 Å². The standard InChI is InChI=1S/C20H13FN2O3S2/c1-24-16-4-2-11(6-13(16)21)14-8-27-19(22-14)20-23-15(9-28-20)12-3-5-17-18(7-12)26-10-25-17/h2-9H,10H2,1H3. The molecule has 1 aliphatic heterocycles. The highest BCUT2D eigenvalue weighted by molar-refractivity contribution is 7.20. The van der Waals surface area contributed by atoms with Crippen LogP contribution in [0.2, 0.25) is 0 Å². The number of hydrogen-bond acceptors (Lipinski definition) is 7. The second kappa shape index (κ2) is 6.88. The molecule has 2 aromatic carbocycles. The lowest BCUT2D eigenvalue weighted by Crippen LogP contribution is -1.92. The average Bonchev–Trinajstić information content (AvgIpc) is 3.46. The second-order valence-corrected chi connectivity index (χ2v) is 7.71. The van der Waals surface area contributed by atoms with E-state index < -0.39 is 5.82 Å². The molecule has 4 aromatic rings. The molecule has 5 rings (SSSR count). The van der Waals surface area contributed by atoms with E-state index in [0.717, 1.165) is 32.8 Å². The van der Waals surface area contributed by atoms with Crippen molar-refractivity contribution in [2.45, 2.75) is 0 Å². The molecule has 0 N–H and O–H groups in total. The van der Waals surface area contributed by atoms with Crippen LogP contribution < -0.4 is 14.2 Å². The SMILES string of the molecule is COc1ccc(-c2csc(-c3nc(-c4ccc5c(c4)OCO5)cs3)n2)cc1F. The normalized spacial score (nSPS) is 12.4. The van der Waals surface area contributed by atoms with Crippen LogP contribution in [0.25, 0.3) is 32.5 Å². The van der Waals surface area contributed by atoms with Gasteiger partial charge in [0, 0.05) is 21.9 Å². The third-order valence-electron chi connectivity index (χ3n) is 4.31. The molecule has 28 heavy (non-hydrogen) atoms. The number of benzene rings is 2. The number of hydrogen-bond donors (Lipinski definition) is 0. The maximum atomic E-state index is 14.0. The molecule has 0 amide bonds. The zero-order valence-electron chi connectivity index (χ0n) is 14.6. The summed E-state index contributed by atoms with van der Waals surface area (Å²) < 4.78 is 29.7.